The Kier molecular flexibility index (Phi) is 7.31. The number of nitrogens with zero attached hydrogens (tertiary/aromatic N) is 3. The molecule has 1 aromatic heterocycles. The summed E-state index contributed by atoms with van der Waals surface area (Å²) in [5, 5.41) is 5.81. The third kappa shape index (κ3) is 5.11. The zero-order valence-electron chi connectivity index (χ0n) is 16.9. The van der Waals surface area contributed by atoms with Crippen LogP contribution in [-0.4, -0.2) is 68.0 Å². The first-order chi connectivity index (χ1) is 14.5. The maximum absolute atomic E-state index is 13.3. The molecule has 160 valence electrons. The van der Waals surface area contributed by atoms with Crippen LogP contribution in [0.1, 0.15) is 23.8 Å². The molecule has 0 saturated carbocycles. The average Bonchev–Trinajstić information content (AvgIpc) is 3.41. The number of amides is 2. The normalized spacial score (nSPS) is 15.9. The van der Waals surface area contributed by atoms with Crippen LogP contribution in [-0.2, 0) is 19.1 Å². The Morgan fingerprint density at radius 3 is 2.63 bits per heavy atom. The van der Waals surface area contributed by atoms with E-state index < -0.39 is 6.04 Å². The van der Waals surface area contributed by atoms with Crippen molar-refractivity contribution in [2.75, 3.05) is 40.5 Å². The topological polar surface area (TPSA) is 84.6 Å². The Morgan fingerprint density at radius 1 is 1.23 bits per heavy atom. The summed E-state index contributed by atoms with van der Waals surface area (Å²) >= 11 is 0. The first-order valence-corrected chi connectivity index (χ1v) is 9.48. The lowest BCUT2D eigenvalue weighted by Gasteiger charge is -2.25. The van der Waals surface area contributed by atoms with Gasteiger partial charge in [-0.05, 0) is 29.8 Å². The molecule has 0 N–H and O–H groups in total. The van der Waals surface area contributed by atoms with Crippen LogP contribution in [0.25, 0.3) is 0 Å². The lowest BCUT2D eigenvalue weighted by molar-refractivity contribution is -0.144. The van der Waals surface area contributed by atoms with Gasteiger partial charge >= 0.3 is 0 Å². The van der Waals surface area contributed by atoms with Crippen molar-refractivity contribution in [1.29, 1.82) is 0 Å². The van der Waals surface area contributed by atoms with E-state index in [9.17, 15) is 14.0 Å². The largest absolute Gasteiger partial charge is 0.467 e. The second kappa shape index (κ2) is 10.1. The Bertz CT molecular complexity index is 883. The van der Waals surface area contributed by atoms with E-state index in [4.69, 9.17) is 13.9 Å². The number of hydrazone groups is 1. The highest BCUT2D eigenvalue weighted by Gasteiger charge is 2.35. The van der Waals surface area contributed by atoms with Gasteiger partial charge in [-0.25, -0.2) is 9.40 Å². The van der Waals surface area contributed by atoms with Crippen molar-refractivity contribution in [1.82, 2.24) is 9.91 Å². The van der Waals surface area contributed by atoms with Crippen molar-refractivity contribution in [3.8, 4) is 0 Å². The molecule has 2 heterocycles. The lowest BCUT2D eigenvalue weighted by atomic mass is 10.0. The predicted molar refractivity (Wildman–Crippen MR) is 106 cm³/mol. The number of hydrogen-bond donors (Lipinski definition) is 0. The van der Waals surface area contributed by atoms with Gasteiger partial charge in [-0.1, -0.05) is 12.1 Å². The highest BCUT2D eigenvalue weighted by atomic mass is 19.1. The molecule has 0 aliphatic carbocycles. The van der Waals surface area contributed by atoms with Crippen molar-refractivity contribution in [2.24, 2.45) is 5.10 Å². The molecule has 1 aromatic carbocycles. The van der Waals surface area contributed by atoms with E-state index >= 15 is 0 Å². The monoisotopic (exact) mass is 417 g/mol. The van der Waals surface area contributed by atoms with E-state index in [0.29, 0.717) is 17.9 Å². The van der Waals surface area contributed by atoms with Gasteiger partial charge in [0.05, 0.1) is 18.6 Å². The zero-order chi connectivity index (χ0) is 21.5. The Hall–Kier alpha value is -3.04. The van der Waals surface area contributed by atoms with Gasteiger partial charge < -0.3 is 18.8 Å². The molecular formula is C21H24FN3O5. The highest BCUT2D eigenvalue weighted by molar-refractivity contribution is 6.03. The zero-order valence-corrected chi connectivity index (χ0v) is 16.9. The van der Waals surface area contributed by atoms with Gasteiger partial charge in [0.15, 0.2) is 0 Å². The summed E-state index contributed by atoms with van der Waals surface area (Å²) in [6, 6.07) is 8.99. The average molecular weight is 417 g/mol. The molecule has 0 radical (unpaired) electrons. The molecule has 3 rings (SSSR count). The Labute approximate surface area is 173 Å². The SMILES string of the molecule is COCCN(CC(=O)N1N=C(c2ccc(F)cc2)C[C@@H]1c1ccco1)C(=O)COC. The molecule has 1 atom stereocenters. The molecule has 2 amide bonds. The number of ether oxygens (including phenoxy) is 2. The molecule has 2 aromatic rings. The number of halogens is 1. The van der Waals surface area contributed by atoms with E-state index in [0.717, 1.165) is 5.56 Å². The highest BCUT2D eigenvalue weighted by Crippen LogP contribution is 2.33. The van der Waals surface area contributed by atoms with Crippen LogP contribution in [0.15, 0.2) is 52.2 Å². The van der Waals surface area contributed by atoms with Crippen LogP contribution < -0.4 is 0 Å². The number of carbonyl (C=O) groups is 2. The van der Waals surface area contributed by atoms with Gasteiger partial charge in [0, 0.05) is 27.2 Å². The number of rotatable bonds is 9. The molecule has 30 heavy (non-hydrogen) atoms. The second-order valence-electron chi connectivity index (χ2n) is 6.77. The second-order valence-corrected chi connectivity index (χ2v) is 6.77. The summed E-state index contributed by atoms with van der Waals surface area (Å²) in [5.74, 6) is -0.456. The van der Waals surface area contributed by atoms with Crippen LogP contribution in [0.5, 0.6) is 0 Å². The van der Waals surface area contributed by atoms with Crippen molar-refractivity contribution >= 4 is 17.5 Å². The number of methoxy groups -OCH3 is 2. The van der Waals surface area contributed by atoms with Crippen molar-refractivity contribution in [2.45, 2.75) is 12.5 Å². The van der Waals surface area contributed by atoms with Gasteiger partial charge in [0.1, 0.15) is 30.8 Å². The fraction of sp³-hybridized carbons (Fsp3) is 0.381. The van der Waals surface area contributed by atoms with Crippen LogP contribution in [0, 0.1) is 5.82 Å². The van der Waals surface area contributed by atoms with E-state index in [1.165, 1.54) is 42.5 Å². The number of hydrogen-bond acceptors (Lipinski definition) is 6. The molecule has 8 nitrogen and oxygen atoms in total. The molecular weight excluding hydrogens is 393 g/mol. The summed E-state index contributed by atoms with van der Waals surface area (Å²) in [5.41, 5.74) is 1.35. The Morgan fingerprint density at radius 2 is 2.00 bits per heavy atom. The first-order valence-electron chi connectivity index (χ1n) is 9.48. The van der Waals surface area contributed by atoms with Crippen molar-refractivity contribution in [3.63, 3.8) is 0 Å². The maximum atomic E-state index is 13.3. The molecule has 1 aliphatic heterocycles. The van der Waals surface area contributed by atoms with Crippen molar-refractivity contribution < 1.29 is 27.9 Å². The quantitative estimate of drug-likeness (QED) is 0.625. The third-order valence-electron chi connectivity index (χ3n) is 4.73. The van der Waals surface area contributed by atoms with Gasteiger partial charge in [-0.3, -0.25) is 9.59 Å². The minimum Gasteiger partial charge on any atom is -0.467 e. The molecule has 1 aliphatic rings. The van der Waals surface area contributed by atoms with Crippen LogP contribution in [0.4, 0.5) is 4.39 Å². The predicted octanol–water partition coefficient (Wildman–Crippen LogP) is 2.22. The summed E-state index contributed by atoms with van der Waals surface area (Å²) < 4.78 is 28.7. The van der Waals surface area contributed by atoms with E-state index in [-0.39, 0.29) is 43.9 Å². The van der Waals surface area contributed by atoms with Crippen LogP contribution >= 0.6 is 0 Å². The number of furan rings is 1. The molecule has 0 unspecified atom stereocenters. The third-order valence-corrected chi connectivity index (χ3v) is 4.73. The molecule has 0 fully saturated rings. The molecule has 9 heteroatoms. The standard InChI is InChI=1S/C21H24FN3O5/c1-28-11-9-24(21(27)14-29-2)13-20(26)25-18(19-4-3-10-30-19)12-17(23-25)15-5-7-16(22)8-6-15/h3-8,10,18H,9,11-14H2,1-2H3/t18-/m1/s1. The van der Waals surface area contributed by atoms with E-state index in [1.807, 2.05) is 0 Å². The van der Waals surface area contributed by atoms with Crippen LogP contribution in [0.3, 0.4) is 0 Å². The van der Waals surface area contributed by atoms with Crippen LogP contribution in [0.2, 0.25) is 0 Å². The van der Waals surface area contributed by atoms with Gasteiger partial charge in [-0.2, -0.15) is 5.10 Å². The first kappa shape index (κ1) is 21.7. The summed E-state index contributed by atoms with van der Waals surface area (Å²) in [6.45, 7) is 0.221. The fourth-order valence-corrected chi connectivity index (χ4v) is 3.20. The minimum absolute atomic E-state index is 0.136. The summed E-state index contributed by atoms with van der Waals surface area (Å²) in [6.07, 6.45) is 1.94. The molecule has 0 saturated heterocycles. The molecule has 0 bridgehead atoms. The van der Waals surface area contributed by atoms with E-state index in [1.54, 1.807) is 24.3 Å². The van der Waals surface area contributed by atoms with Gasteiger partial charge in [0.25, 0.3) is 5.91 Å². The summed E-state index contributed by atoms with van der Waals surface area (Å²) in [4.78, 5) is 26.8. The number of carbonyl (C=O) groups excluding carboxylic acids is 2. The lowest BCUT2D eigenvalue weighted by Crippen LogP contribution is -2.44. The molecule has 0 spiro atoms. The van der Waals surface area contributed by atoms with Crippen molar-refractivity contribution in [3.05, 3.63) is 59.8 Å². The van der Waals surface area contributed by atoms with Gasteiger partial charge in [0.2, 0.25) is 5.91 Å². The maximum Gasteiger partial charge on any atom is 0.262 e. The smallest absolute Gasteiger partial charge is 0.262 e. The summed E-state index contributed by atoms with van der Waals surface area (Å²) in [7, 11) is 2.94. The number of benzene rings is 1. The Balaban J connectivity index is 1.83. The minimum atomic E-state index is -0.450. The van der Waals surface area contributed by atoms with Gasteiger partial charge in [-0.15, -0.1) is 0 Å². The fourth-order valence-electron chi connectivity index (χ4n) is 3.20. The van der Waals surface area contributed by atoms with E-state index in [2.05, 4.69) is 5.10 Å².